The molecule has 3 aromatic rings. The number of hydrogen-bond donors (Lipinski definition) is 2. The van der Waals surface area contributed by atoms with Crippen molar-refractivity contribution in [2.75, 3.05) is 7.11 Å². The first kappa shape index (κ1) is 21.5. The van der Waals surface area contributed by atoms with Gasteiger partial charge in [-0.15, -0.1) is 0 Å². The maximum atomic E-state index is 12.7. The number of ether oxygens (including phenoxy) is 2. The van der Waals surface area contributed by atoms with Crippen molar-refractivity contribution in [1.29, 1.82) is 0 Å². The van der Waals surface area contributed by atoms with Gasteiger partial charge in [0.2, 0.25) is 0 Å². The summed E-state index contributed by atoms with van der Waals surface area (Å²) in [6, 6.07) is 8.89. The first-order valence-electron chi connectivity index (χ1n) is 10.1. The number of hydrogen-bond acceptors (Lipinski definition) is 7. The summed E-state index contributed by atoms with van der Waals surface area (Å²) in [6.45, 7) is 1.85. The minimum Gasteiger partial charge on any atom is -0.506 e. The maximum absolute atomic E-state index is 12.7. The number of carbonyl (C=O) groups excluding carboxylic acids is 3. The van der Waals surface area contributed by atoms with E-state index in [2.05, 4.69) is 0 Å². The fourth-order valence-corrected chi connectivity index (χ4v) is 4.31. The van der Waals surface area contributed by atoms with E-state index in [0.29, 0.717) is 35.9 Å². The third-order valence-electron chi connectivity index (χ3n) is 5.95. The predicted molar refractivity (Wildman–Crippen MR) is 117 cm³/mol. The number of fused-ring (bicyclic) bond motifs is 2. The fourth-order valence-electron chi connectivity index (χ4n) is 4.31. The quantitative estimate of drug-likeness (QED) is 0.552. The van der Waals surface area contributed by atoms with Crippen molar-refractivity contribution >= 4 is 29.1 Å². The van der Waals surface area contributed by atoms with Crippen LogP contribution >= 0.6 is 0 Å². The number of ketones is 1. The molecule has 0 amide bonds. The average molecular weight is 434 g/mol. The van der Waals surface area contributed by atoms with Gasteiger partial charge in [-0.05, 0) is 42.7 Å². The summed E-state index contributed by atoms with van der Waals surface area (Å²) in [5.74, 6) is -0.525. The smallest absolute Gasteiger partial charge is 0.167 e. The van der Waals surface area contributed by atoms with Crippen LogP contribution in [0.1, 0.15) is 66.7 Å². The third-order valence-corrected chi connectivity index (χ3v) is 5.95. The van der Waals surface area contributed by atoms with Gasteiger partial charge in [-0.1, -0.05) is 12.1 Å². The summed E-state index contributed by atoms with van der Waals surface area (Å²) in [4.78, 5) is 36.3. The summed E-state index contributed by atoms with van der Waals surface area (Å²) in [5, 5.41) is 21.8. The topological polar surface area (TPSA) is 110 Å². The summed E-state index contributed by atoms with van der Waals surface area (Å²) < 4.78 is 11.2. The van der Waals surface area contributed by atoms with Crippen molar-refractivity contribution in [2.24, 2.45) is 0 Å². The Morgan fingerprint density at radius 2 is 1.75 bits per heavy atom. The average Bonchev–Trinajstić information content (AvgIpc) is 2.79. The molecule has 0 saturated carbocycles. The van der Waals surface area contributed by atoms with Gasteiger partial charge in [0.15, 0.2) is 18.4 Å². The molecule has 0 bridgehead atoms. The van der Waals surface area contributed by atoms with Crippen LogP contribution in [0.2, 0.25) is 0 Å². The Labute approximate surface area is 184 Å². The molecule has 0 saturated heterocycles. The Morgan fingerprint density at radius 3 is 2.38 bits per heavy atom. The van der Waals surface area contributed by atoms with Crippen LogP contribution in [0.25, 0.3) is 10.8 Å². The van der Waals surface area contributed by atoms with Gasteiger partial charge in [0.25, 0.3) is 0 Å². The monoisotopic (exact) mass is 434 g/mol. The van der Waals surface area contributed by atoms with Gasteiger partial charge < -0.3 is 19.7 Å². The Hall–Kier alpha value is -3.71. The number of carbonyl (C=O) groups is 3. The van der Waals surface area contributed by atoms with Gasteiger partial charge in [0.05, 0.1) is 36.3 Å². The fraction of sp³-hybridized carbons (Fsp3) is 0.240. The van der Waals surface area contributed by atoms with Gasteiger partial charge in [-0.25, -0.2) is 0 Å². The summed E-state index contributed by atoms with van der Waals surface area (Å²) in [6.07, 6.45) is 0.943. The third kappa shape index (κ3) is 3.40. The summed E-state index contributed by atoms with van der Waals surface area (Å²) in [7, 11) is 1.58. The Kier molecular flexibility index (Phi) is 5.67. The second-order valence-electron chi connectivity index (χ2n) is 7.77. The zero-order chi connectivity index (χ0) is 23.0. The Bertz CT molecular complexity index is 1240. The second kappa shape index (κ2) is 8.43. The molecular formula is C25H22O7. The van der Waals surface area contributed by atoms with Gasteiger partial charge >= 0.3 is 0 Å². The second-order valence-corrected chi connectivity index (χ2v) is 7.77. The minimum atomic E-state index is -0.603. The molecule has 32 heavy (non-hydrogen) atoms. The van der Waals surface area contributed by atoms with E-state index in [1.165, 1.54) is 0 Å². The highest BCUT2D eigenvalue weighted by Crippen LogP contribution is 2.47. The lowest BCUT2D eigenvalue weighted by molar-refractivity contribution is 0.0272. The molecule has 2 N–H and O–H groups in total. The van der Waals surface area contributed by atoms with E-state index in [4.69, 9.17) is 9.47 Å². The predicted octanol–water partition coefficient (Wildman–Crippen LogP) is 4.43. The molecule has 0 unspecified atom stereocenters. The van der Waals surface area contributed by atoms with Crippen LogP contribution in [-0.4, -0.2) is 35.7 Å². The highest BCUT2D eigenvalue weighted by Gasteiger charge is 2.34. The molecule has 0 heterocycles. The molecule has 7 nitrogen and oxygen atoms in total. The van der Waals surface area contributed by atoms with E-state index in [-0.39, 0.29) is 46.3 Å². The maximum Gasteiger partial charge on any atom is 0.167 e. The Morgan fingerprint density at radius 1 is 1.06 bits per heavy atom. The molecule has 0 fully saturated rings. The number of aromatic hydroxyl groups is 2. The van der Waals surface area contributed by atoms with E-state index in [9.17, 15) is 24.6 Å². The van der Waals surface area contributed by atoms with Gasteiger partial charge in [0.1, 0.15) is 17.2 Å². The van der Waals surface area contributed by atoms with E-state index < -0.39 is 17.6 Å². The van der Waals surface area contributed by atoms with Crippen molar-refractivity contribution in [1.82, 2.24) is 0 Å². The standard InChI is InChI=1S/C25H22O7/c1-13-9-16-18(11-27)21-20(32-12-14-3-5-15(31-2)6-4-14)8-7-19(28)23(21)25(30)22(16)24(29)17(13)10-26/h3-6,9-11,20,29-30H,7-8,12H2,1-2H3/t20-/m0/s1. The highest BCUT2D eigenvalue weighted by molar-refractivity contribution is 6.15. The lowest BCUT2D eigenvalue weighted by Crippen LogP contribution is -2.20. The van der Waals surface area contributed by atoms with Gasteiger partial charge in [0, 0.05) is 22.9 Å². The van der Waals surface area contributed by atoms with Crippen LogP contribution in [0, 0.1) is 6.92 Å². The number of benzene rings is 3. The van der Waals surface area contributed by atoms with Crippen molar-refractivity contribution in [3.05, 3.63) is 63.7 Å². The van der Waals surface area contributed by atoms with Crippen molar-refractivity contribution in [3.63, 3.8) is 0 Å². The number of phenols is 2. The molecule has 0 aliphatic heterocycles. The van der Waals surface area contributed by atoms with E-state index >= 15 is 0 Å². The number of aryl methyl sites for hydroxylation is 1. The molecule has 0 spiro atoms. The molecule has 1 atom stereocenters. The van der Waals surface area contributed by atoms with Crippen molar-refractivity contribution < 1.29 is 34.1 Å². The molecule has 0 aromatic heterocycles. The van der Waals surface area contributed by atoms with Crippen LogP contribution in [0.5, 0.6) is 17.2 Å². The number of methoxy groups -OCH3 is 1. The molecule has 164 valence electrons. The highest BCUT2D eigenvalue weighted by atomic mass is 16.5. The number of Topliss-reactive ketones (excluding diaryl/α,β-unsaturated/α-hetero) is 1. The SMILES string of the molecule is COc1ccc(CO[C@H]2CCC(=O)c3c2c(C=O)c2cc(C)c(C=O)c(O)c2c3O)cc1. The molecule has 3 aromatic carbocycles. The van der Waals surface area contributed by atoms with Crippen LogP contribution in [0.3, 0.4) is 0 Å². The van der Waals surface area contributed by atoms with Crippen LogP contribution in [0.4, 0.5) is 0 Å². The summed E-state index contributed by atoms with van der Waals surface area (Å²) in [5.41, 5.74) is 1.77. The van der Waals surface area contributed by atoms with Crippen LogP contribution in [-0.2, 0) is 11.3 Å². The molecule has 4 rings (SSSR count). The normalized spacial score (nSPS) is 15.4. The van der Waals surface area contributed by atoms with E-state index in [0.717, 1.165) is 5.56 Å². The molecule has 7 heteroatoms. The number of rotatable bonds is 6. The van der Waals surface area contributed by atoms with Crippen LogP contribution < -0.4 is 4.74 Å². The number of aldehydes is 2. The van der Waals surface area contributed by atoms with Gasteiger partial charge in [-0.2, -0.15) is 0 Å². The minimum absolute atomic E-state index is 0.000151. The lowest BCUT2D eigenvalue weighted by atomic mass is 9.81. The number of phenolic OH excluding ortho intramolecular Hbond substituents is 2. The largest absolute Gasteiger partial charge is 0.506 e. The first-order valence-corrected chi connectivity index (χ1v) is 10.1. The molecular weight excluding hydrogens is 412 g/mol. The molecule has 1 aliphatic rings. The zero-order valence-electron chi connectivity index (χ0n) is 17.7. The zero-order valence-corrected chi connectivity index (χ0v) is 17.7. The molecule has 0 radical (unpaired) electrons. The van der Waals surface area contributed by atoms with Crippen molar-refractivity contribution in [2.45, 2.75) is 32.5 Å². The van der Waals surface area contributed by atoms with Crippen molar-refractivity contribution in [3.8, 4) is 17.2 Å². The summed E-state index contributed by atoms with van der Waals surface area (Å²) >= 11 is 0. The van der Waals surface area contributed by atoms with E-state index in [1.54, 1.807) is 20.1 Å². The Balaban J connectivity index is 1.86. The molecule has 1 aliphatic carbocycles. The lowest BCUT2D eigenvalue weighted by Gasteiger charge is -2.28. The van der Waals surface area contributed by atoms with Gasteiger partial charge in [-0.3, -0.25) is 14.4 Å². The van der Waals surface area contributed by atoms with Crippen LogP contribution in [0.15, 0.2) is 30.3 Å². The first-order chi connectivity index (χ1) is 15.4. The van der Waals surface area contributed by atoms with E-state index in [1.807, 2.05) is 24.3 Å².